The van der Waals surface area contributed by atoms with E-state index in [1.165, 1.54) is 11.3 Å². The summed E-state index contributed by atoms with van der Waals surface area (Å²) in [6.07, 6.45) is 0.462. The van der Waals surface area contributed by atoms with E-state index in [9.17, 15) is 4.79 Å². The van der Waals surface area contributed by atoms with Gasteiger partial charge in [0.15, 0.2) is 0 Å². The maximum absolute atomic E-state index is 12.5. The molecule has 130 valence electrons. The van der Waals surface area contributed by atoms with Crippen LogP contribution in [0.25, 0.3) is 10.6 Å². The van der Waals surface area contributed by atoms with Gasteiger partial charge in [-0.2, -0.15) is 5.26 Å². The SMILES string of the molecule is N#CCCSc1ccccc1NC(=O)c1csc(-c2ccc(Cl)cc2)n1. The lowest BCUT2D eigenvalue weighted by atomic mass is 10.2. The van der Waals surface area contributed by atoms with Crippen LogP contribution in [-0.4, -0.2) is 16.6 Å². The van der Waals surface area contributed by atoms with E-state index in [1.807, 2.05) is 36.4 Å². The van der Waals surface area contributed by atoms with Crippen molar-refractivity contribution in [3.8, 4) is 16.6 Å². The predicted molar refractivity (Wildman–Crippen MR) is 108 cm³/mol. The predicted octanol–water partition coefficient (Wildman–Crippen LogP) is 5.72. The molecule has 3 aromatic rings. The molecule has 0 aliphatic heterocycles. The summed E-state index contributed by atoms with van der Waals surface area (Å²) in [7, 11) is 0. The van der Waals surface area contributed by atoms with Crippen LogP contribution in [-0.2, 0) is 0 Å². The van der Waals surface area contributed by atoms with Crippen molar-refractivity contribution in [1.82, 2.24) is 4.98 Å². The molecule has 7 heteroatoms. The second-order valence-electron chi connectivity index (χ2n) is 5.25. The lowest BCUT2D eigenvalue weighted by Gasteiger charge is -2.09. The van der Waals surface area contributed by atoms with Crippen LogP contribution in [0.1, 0.15) is 16.9 Å². The number of hydrogen-bond donors (Lipinski definition) is 1. The van der Waals surface area contributed by atoms with Crippen LogP contribution in [0.15, 0.2) is 58.8 Å². The number of thiazole rings is 1. The minimum atomic E-state index is -0.255. The third kappa shape index (κ3) is 4.64. The van der Waals surface area contributed by atoms with Crippen LogP contribution in [0.4, 0.5) is 5.69 Å². The number of aromatic nitrogens is 1. The number of hydrogen-bond acceptors (Lipinski definition) is 5. The normalized spacial score (nSPS) is 10.3. The Morgan fingerprint density at radius 1 is 1.23 bits per heavy atom. The number of thioether (sulfide) groups is 1. The van der Waals surface area contributed by atoms with Crippen LogP contribution in [0.2, 0.25) is 5.02 Å². The van der Waals surface area contributed by atoms with Gasteiger partial charge >= 0.3 is 0 Å². The molecule has 4 nitrogen and oxygen atoms in total. The Kier molecular flexibility index (Phi) is 6.29. The van der Waals surface area contributed by atoms with Gasteiger partial charge in [-0.25, -0.2) is 4.98 Å². The van der Waals surface area contributed by atoms with Crippen molar-refractivity contribution in [2.75, 3.05) is 11.1 Å². The van der Waals surface area contributed by atoms with Crippen molar-refractivity contribution in [3.63, 3.8) is 0 Å². The average Bonchev–Trinajstić information content (AvgIpc) is 3.14. The van der Waals surface area contributed by atoms with Gasteiger partial charge in [-0.1, -0.05) is 35.9 Å². The van der Waals surface area contributed by atoms with Gasteiger partial charge in [0.25, 0.3) is 5.91 Å². The van der Waals surface area contributed by atoms with Gasteiger partial charge in [0.05, 0.1) is 11.8 Å². The Hall–Kier alpha value is -2.33. The standard InChI is InChI=1S/C19H14ClN3OS2/c20-14-8-6-13(7-9-14)19-23-16(12-26-19)18(24)22-15-4-1-2-5-17(15)25-11-3-10-21/h1-2,4-9,12H,3,11H2,(H,22,24). The molecular formula is C19H14ClN3OS2. The summed E-state index contributed by atoms with van der Waals surface area (Å²) in [5.74, 6) is 0.427. The third-order valence-corrected chi connectivity index (χ3v) is 5.65. The summed E-state index contributed by atoms with van der Waals surface area (Å²) in [4.78, 5) is 17.9. The zero-order valence-corrected chi connectivity index (χ0v) is 16.0. The van der Waals surface area contributed by atoms with E-state index in [0.29, 0.717) is 22.9 Å². The molecule has 0 aliphatic rings. The molecule has 1 aromatic heterocycles. The van der Waals surface area contributed by atoms with E-state index in [0.717, 1.165) is 21.2 Å². The molecule has 0 fully saturated rings. The van der Waals surface area contributed by atoms with Crippen molar-refractivity contribution < 1.29 is 4.79 Å². The summed E-state index contributed by atoms with van der Waals surface area (Å²) in [5, 5.41) is 14.7. The van der Waals surface area contributed by atoms with Crippen LogP contribution >= 0.6 is 34.7 Å². The summed E-state index contributed by atoms with van der Waals surface area (Å²) in [5.41, 5.74) is 2.02. The molecule has 0 unspecified atom stereocenters. The molecule has 1 amide bonds. The van der Waals surface area contributed by atoms with Crippen LogP contribution in [0.3, 0.4) is 0 Å². The minimum absolute atomic E-state index is 0.255. The fraction of sp³-hybridized carbons (Fsp3) is 0.105. The number of amides is 1. The fourth-order valence-corrected chi connectivity index (χ4v) is 3.99. The smallest absolute Gasteiger partial charge is 0.275 e. The number of benzene rings is 2. The molecule has 0 saturated carbocycles. The molecule has 0 spiro atoms. The number of halogens is 1. The number of nitrogens with one attached hydrogen (secondary N) is 1. The largest absolute Gasteiger partial charge is 0.320 e. The number of carbonyl (C=O) groups is 1. The van der Waals surface area contributed by atoms with Crippen LogP contribution in [0, 0.1) is 11.3 Å². The highest BCUT2D eigenvalue weighted by atomic mass is 35.5. The van der Waals surface area contributed by atoms with Crippen LogP contribution < -0.4 is 5.32 Å². The molecule has 0 atom stereocenters. The summed E-state index contributed by atoms with van der Waals surface area (Å²) < 4.78 is 0. The highest BCUT2D eigenvalue weighted by Crippen LogP contribution is 2.29. The van der Waals surface area contributed by atoms with E-state index in [4.69, 9.17) is 16.9 Å². The topological polar surface area (TPSA) is 65.8 Å². The molecule has 0 aliphatic carbocycles. The molecular weight excluding hydrogens is 386 g/mol. The summed E-state index contributed by atoms with van der Waals surface area (Å²) in [6.45, 7) is 0. The molecule has 0 radical (unpaired) electrons. The van der Waals surface area contributed by atoms with Gasteiger partial charge in [-0.05, 0) is 24.3 Å². The number of rotatable bonds is 6. The molecule has 3 rings (SSSR count). The number of nitriles is 1. The van der Waals surface area contributed by atoms with E-state index >= 15 is 0 Å². The van der Waals surface area contributed by atoms with Gasteiger partial charge in [0.1, 0.15) is 10.7 Å². The second-order valence-corrected chi connectivity index (χ2v) is 7.68. The van der Waals surface area contributed by atoms with E-state index in [2.05, 4.69) is 16.4 Å². The Balaban J connectivity index is 1.73. The van der Waals surface area contributed by atoms with Crippen molar-refractivity contribution in [2.45, 2.75) is 11.3 Å². The Morgan fingerprint density at radius 3 is 2.77 bits per heavy atom. The maximum Gasteiger partial charge on any atom is 0.275 e. The molecule has 2 aromatic carbocycles. The average molecular weight is 400 g/mol. The monoisotopic (exact) mass is 399 g/mol. The number of carbonyl (C=O) groups excluding carboxylic acids is 1. The van der Waals surface area contributed by atoms with Crippen LogP contribution in [0.5, 0.6) is 0 Å². The Morgan fingerprint density at radius 2 is 2.00 bits per heavy atom. The first-order valence-corrected chi connectivity index (χ1v) is 10.0. The van der Waals surface area contributed by atoms with Crippen molar-refractivity contribution >= 4 is 46.3 Å². The molecule has 0 saturated heterocycles. The zero-order chi connectivity index (χ0) is 18.4. The lowest BCUT2D eigenvalue weighted by Crippen LogP contribution is -2.13. The molecule has 1 N–H and O–H groups in total. The number of para-hydroxylation sites is 1. The van der Waals surface area contributed by atoms with Gasteiger partial charge < -0.3 is 5.32 Å². The van der Waals surface area contributed by atoms with E-state index < -0.39 is 0 Å². The first kappa shape index (κ1) is 18.5. The summed E-state index contributed by atoms with van der Waals surface area (Å²) in [6, 6.07) is 17.0. The third-order valence-electron chi connectivity index (χ3n) is 3.43. The van der Waals surface area contributed by atoms with Gasteiger partial charge in [0.2, 0.25) is 0 Å². The molecule has 1 heterocycles. The van der Waals surface area contributed by atoms with Gasteiger partial charge in [-0.3, -0.25) is 4.79 Å². The molecule has 0 bridgehead atoms. The first-order chi connectivity index (χ1) is 12.7. The Bertz CT molecular complexity index is 948. The summed E-state index contributed by atoms with van der Waals surface area (Å²) >= 11 is 8.86. The second kappa shape index (κ2) is 8.86. The highest BCUT2D eigenvalue weighted by molar-refractivity contribution is 7.99. The van der Waals surface area contributed by atoms with Crippen molar-refractivity contribution in [3.05, 3.63) is 64.6 Å². The highest BCUT2D eigenvalue weighted by Gasteiger charge is 2.14. The van der Waals surface area contributed by atoms with Crippen molar-refractivity contribution in [2.24, 2.45) is 0 Å². The quantitative estimate of drug-likeness (QED) is 0.425. The first-order valence-electron chi connectivity index (χ1n) is 7.79. The van der Waals surface area contributed by atoms with Crippen molar-refractivity contribution in [1.29, 1.82) is 5.26 Å². The fourth-order valence-electron chi connectivity index (χ4n) is 2.19. The number of nitrogens with zero attached hydrogens (tertiary/aromatic N) is 2. The minimum Gasteiger partial charge on any atom is -0.320 e. The van der Waals surface area contributed by atoms with Gasteiger partial charge in [-0.15, -0.1) is 23.1 Å². The maximum atomic E-state index is 12.5. The molecule has 26 heavy (non-hydrogen) atoms. The zero-order valence-electron chi connectivity index (χ0n) is 13.6. The van der Waals surface area contributed by atoms with E-state index in [-0.39, 0.29) is 5.91 Å². The Labute approximate surface area is 164 Å². The lowest BCUT2D eigenvalue weighted by molar-refractivity contribution is 0.102. The van der Waals surface area contributed by atoms with Gasteiger partial charge in [0, 0.05) is 33.0 Å². The number of anilines is 1. The van der Waals surface area contributed by atoms with E-state index in [1.54, 1.807) is 29.3 Å².